The van der Waals surface area contributed by atoms with Gasteiger partial charge in [0.1, 0.15) is 5.60 Å². The number of hydrogen-bond acceptors (Lipinski definition) is 5. The van der Waals surface area contributed by atoms with Crippen molar-refractivity contribution in [2.75, 3.05) is 0 Å². The third-order valence-corrected chi connectivity index (χ3v) is 4.38. The highest BCUT2D eigenvalue weighted by Gasteiger charge is 2.49. The maximum Gasteiger partial charge on any atom is 0.534 e. The molecule has 0 amide bonds. The van der Waals surface area contributed by atoms with E-state index in [0.29, 0.717) is 11.1 Å². The van der Waals surface area contributed by atoms with Crippen molar-refractivity contribution in [3.63, 3.8) is 0 Å². The van der Waals surface area contributed by atoms with Gasteiger partial charge in [0.05, 0.1) is 0 Å². The molecule has 3 rings (SSSR count). The van der Waals surface area contributed by atoms with Gasteiger partial charge in [0.15, 0.2) is 0 Å². The number of aromatic hydroxyl groups is 2. The van der Waals surface area contributed by atoms with Crippen LogP contribution in [0.1, 0.15) is 57.6 Å². The molecule has 1 aromatic heterocycles. The molecule has 0 aliphatic heterocycles. The van der Waals surface area contributed by atoms with Gasteiger partial charge in [-0.05, 0) is 33.6 Å². The van der Waals surface area contributed by atoms with Crippen LogP contribution in [0.5, 0.6) is 11.8 Å². The first-order valence-corrected chi connectivity index (χ1v) is 7.38. The van der Waals surface area contributed by atoms with Crippen molar-refractivity contribution in [2.45, 2.75) is 52.1 Å². The highest BCUT2D eigenvalue weighted by atomic mass is 16.8. The Morgan fingerprint density at radius 2 is 1.82 bits per heavy atom. The van der Waals surface area contributed by atoms with E-state index in [-0.39, 0.29) is 29.5 Å². The fraction of sp³-hybridized carbons (Fsp3) is 0.562. The summed E-state index contributed by atoms with van der Waals surface area (Å²) in [7, 11) is 0. The minimum Gasteiger partial charge on any atom is -0.492 e. The first-order chi connectivity index (χ1) is 10.1. The van der Waals surface area contributed by atoms with Gasteiger partial charge in [-0.25, -0.2) is 4.79 Å². The van der Waals surface area contributed by atoms with Crippen LogP contribution in [0, 0.1) is 5.92 Å². The fourth-order valence-electron chi connectivity index (χ4n) is 3.62. The van der Waals surface area contributed by atoms with E-state index in [1.807, 2.05) is 6.92 Å². The third-order valence-electron chi connectivity index (χ3n) is 4.38. The van der Waals surface area contributed by atoms with E-state index in [4.69, 9.17) is 9.57 Å². The second-order valence-corrected chi connectivity index (χ2v) is 7.10. The van der Waals surface area contributed by atoms with E-state index >= 15 is 0 Å². The predicted molar refractivity (Wildman–Crippen MR) is 79.0 cm³/mol. The van der Waals surface area contributed by atoms with Crippen LogP contribution in [0.25, 0.3) is 0 Å². The molecule has 0 aromatic carbocycles. The number of carbonyl (C=O) groups is 1. The summed E-state index contributed by atoms with van der Waals surface area (Å²) in [5, 5.41) is 20.7. The van der Waals surface area contributed by atoms with E-state index < -0.39 is 11.8 Å². The molecule has 0 fully saturated rings. The first-order valence-electron chi connectivity index (χ1n) is 7.38. The van der Waals surface area contributed by atoms with Crippen molar-refractivity contribution >= 4 is 6.16 Å². The number of nitrogens with zero attached hydrogens (tertiary/aromatic N) is 1. The Labute approximate surface area is 128 Å². The molecule has 2 bridgehead atoms. The van der Waals surface area contributed by atoms with Gasteiger partial charge in [-0.1, -0.05) is 18.6 Å². The van der Waals surface area contributed by atoms with Crippen molar-refractivity contribution < 1.29 is 24.6 Å². The Hall–Kier alpha value is -2.11. The molecule has 2 aliphatic carbocycles. The standard InChI is InChI=1S/C16H21NO5/c1-7-6-9-8(2)10(7)12-11(9)13(18)17(14(12)19)22-15(20)21-16(3,4)5/h6,8-10,18-19H,1-5H3. The maximum atomic E-state index is 11.8. The van der Waals surface area contributed by atoms with Crippen LogP contribution in [0.4, 0.5) is 4.79 Å². The van der Waals surface area contributed by atoms with Crippen LogP contribution in [-0.2, 0) is 4.74 Å². The monoisotopic (exact) mass is 307 g/mol. The van der Waals surface area contributed by atoms with E-state index in [2.05, 4.69) is 13.0 Å². The molecule has 0 radical (unpaired) electrons. The summed E-state index contributed by atoms with van der Waals surface area (Å²) >= 11 is 0. The Balaban J connectivity index is 1.93. The molecule has 3 unspecified atom stereocenters. The molecule has 22 heavy (non-hydrogen) atoms. The second-order valence-electron chi connectivity index (χ2n) is 7.10. The number of allylic oxidation sites excluding steroid dienone is 2. The van der Waals surface area contributed by atoms with Gasteiger partial charge < -0.3 is 14.9 Å². The van der Waals surface area contributed by atoms with Crippen LogP contribution >= 0.6 is 0 Å². The zero-order valence-electron chi connectivity index (χ0n) is 13.4. The number of hydrogen-bond donors (Lipinski definition) is 2. The topological polar surface area (TPSA) is 80.9 Å². The van der Waals surface area contributed by atoms with Gasteiger partial charge in [0.2, 0.25) is 11.8 Å². The van der Waals surface area contributed by atoms with Gasteiger partial charge in [-0.15, -0.1) is 4.73 Å². The molecule has 0 saturated heterocycles. The highest BCUT2D eigenvalue weighted by Crippen LogP contribution is 2.61. The summed E-state index contributed by atoms with van der Waals surface area (Å²) in [6, 6.07) is 0. The molecule has 6 nitrogen and oxygen atoms in total. The molecule has 120 valence electrons. The van der Waals surface area contributed by atoms with E-state index in [0.717, 1.165) is 10.3 Å². The van der Waals surface area contributed by atoms with Crippen molar-refractivity contribution in [1.29, 1.82) is 0 Å². The quantitative estimate of drug-likeness (QED) is 0.615. The number of aromatic nitrogens is 1. The molecule has 0 saturated carbocycles. The average Bonchev–Trinajstić information content (AvgIpc) is 2.89. The molecular weight excluding hydrogens is 286 g/mol. The van der Waals surface area contributed by atoms with Gasteiger partial charge in [-0.2, -0.15) is 0 Å². The lowest BCUT2D eigenvalue weighted by atomic mass is 9.92. The van der Waals surface area contributed by atoms with Gasteiger partial charge >= 0.3 is 6.16 Å². The molecule has 6 heteroatoms. The maximum absolute atomic E-state index is 11.8. The number of ether oxygens (including phenoxy) is 1. The number of carbonyl (C=O) groups excluding carboxylic acids is 1. The van der Waals surface area contributed by atoms with Crippen molar-refractivity contribution in [3.8, 4) is 11.8 Å². The highest BCUT2D eigenvalue weighted by molar-refractivity contribution is 5.64. The van der Waals surface area contributed by atoms with E-state index in [9.17, 15) is 15.0 Å². The fourth-order valence-corrected chi connectivity index (χ4v) is 3.62. The molecule has 2 aliphatic rings. The summed E-state index contributed by atoms with van der Waals surface area (Å²) in [5.41, 5.74) is 1.74. The summed E-state index contributed by atoms with van der Waals surface area (Å²) < 4.78 is 5.81. The lowest BCUT2D eigenvalue weighted by molar-refractivity contribution is -0.0176. The lowest BCUT2D eigenvalue weighted by Gasteiger charge is -2.19. The average molecular weight is 307 g/mol. The van der Waals surface area contributed by atoms with Crippen molar-refractivity contribution in [1.82, 2.24) is 4.73 Å². The van der Waals surface area contributed by atoms with Crippen molar-refractivity contribution in [2.24, 2.45) is 5.92 Å². The Kier molecular flexibility index (Phi) is 2.99. The lowest BCUT2D eigenvalue weighted by Crippen LogP contribution is -2.29. The SMILES string of the molecule is CC1=CC2c3c(c(O)n(OC(=O)OC(C)(C)C)c3O)C1C2C. The summed E-state index contributed by atoms with van der Waals surface area (Å²) in [6.45, 7) is 9.21. The van der Waals surface area contributed by atoms with Crippen LogP contribution < -0.4 is 4.84 Å². The smallest absolute Gasteiger partial charge is 0.492 e. The van der Waals surface area contributed by atoms with Crippen LogP contribution in [0.15, 0.2) is 11.6 Å². The van der Waals surface area contributed by atoms with Gasteiger partial charge in [0.25, 0.3) is 0 Å². The molecule has 2 N–H and O–H groups in total. The van der Waals surface area contributed by atoms with E-state index in [1.54, 1.807) is 20.8 Å². The zero-order valence-corrected chi connectivity index (χ0v) is 13.4. The second kappa shape index (κ2) is 4.44. The summed E-state index contributed by atoms with van der Waals surface area (Å²) in [4.78, 5) is 16.7. The molecule has 0 spiro atoms. The first kappa shape index (κ1) is 14.8. The summed E-state index contributed by atoms with van der Waals surface area (Å²) in [5.74, 6) is -0.0895. The van der Waals surface area contributed by atoms with Crippen LogP contribution in [0.2, 0.25) is 0 Å². The Bertz CT molecular complexity index is 680. The Morgan fingerprint density at radius 3 is 2.41 bits per heavy atom. The number of rotatable bonds is 1. The van der Waals surface area contributed by atoms with Gasteiger partial charge in [-0.3, -0.25) is 4.84 Å². The minimum absolute atomic E-state index is 0.0365. The van der Waals surface area contributed by atoms with Gasteiger partial charge in [0, 0.05) is 23.0 Å². The van der Waals surface area contributed by atoms with Crippen molar-refractivity contribution in [3.05, 3.63) is 22.8 Å². The van der Waals surface area contributed by atoms with E-state index in [1.165, 1.54) is 0 Å². The predicted octanol–water partition coefficient (Wildman–Crippen LogP) is 3.04. The largest absolute Gasteiger partial charge is 0.534 e. The molecular formula is C16H21NO5. The third kappa shape index (κ3) is 1.97. The Morgan fingerprint density at radius 1 is 1.23 bits per heavy atom. The number of fused-ring (bicyclic) bond motifs is 5. The molecule has 3 atom stereocenters. The van der Waals surface area contributed by atoms with Crippen LogP contribution in [-0.4, -0.2) is 26.7 Å². The normalized spacial score (nSPS) is 25.9. The zero-order chi connectivity index (χ0) is 16.4. The molecule has 1 heterocycles. The summed E-state index contributed by atoms with van der Waals surface area (Å²) in [6.07, 6.45) is 1.12. The minimum atomic E-state index is -0.975. The van der Waals surface area contributed by atoms with Crippen LogP contribution in [0.3, 0.4) is 0 Å². The molecule has 1 aromatic rings.